The maximum atomic E-state index is 11.3. The molecule has 10 heteroatoms. The third kappa shape index (κ3) is 16.3. The molecule has 0 unspecified atom stereocenters. The number of ether oxygens (including phenoxy) is 2. The first-order valence-corrected chi connectivity index (χ1v) is 22.6. The summed E-state index contributed by atoms with van der Waals surface area (Å²) < 4.78 is 30.8. The number of carbonyl (C=O) groups is 1. The van der Waals surface area contributed by atoms with Gasteiger partial charge in [-0.15, -0.1) is 0 Å². The van der Waals surface area contributed by atoms with E-state index < -0.39 is 33.8 Å². The fraction of sp³-hybridized carbons (Fsp3) is 0.842. The maximum absolute atomic E-state index is 11.3. The van der Waals surface area contributed by atoms with Gasteiger partial charge in [0.05, 0.1) is 6.61 Å². The summed E-state index contributed by atoms with van der Waals surface area (Å²) in [6.45, 7) is 26.5. The molecule has 0 aromatic rings. The molecule has 0 spiro atoms. The lowest BCUT2D eigenvalue weighted by Crippen LogP contribution is -2.60. The normalized spacial score (nSPS) is 13.4. The SMILES string of the molecule is C=C(C)C(=O)OCCCOCCC[Si](O[Si](C)(C)C)(O[Si](C)(C)C)O[Si](C)(C)C. The summed E-state index contributed by atoms with van der Waals surface area (Å²) in [5.41, 5.74) is 0.416. The average molecular weight is 481 g/mol. The molecule has 0 atom stereocenters. The molecule has 0 aliphatic heterocycles. The van der Waals surface area contributed by atoms with Gasteiger partial charge < -0.3 is 21.8 Å². The van der Waals surface area contributed by atoms with E-state index in [1.165, 1.54) is 0 Å². The summed E-state index contributed by atoms with van der Waals surface area (Å²) in [5, 5.41) is 0. The van der Waals surface area contributed by atoms with Gasteiger partial charge in [0, 0.05) is 31.3 Å². The molecular weight excluding hydrogens is 437 g/mol. The topological polar surface area (TPSA) is 63.2 Å². The quantitative estimate of drug-likeness (QED) is 0.135. The highest BCUT2D eigenvalue weighted by Crippen LogP contribution is 2.29. The standard InChI is InChI=1S/C19H44O6Si4/c1-18(2)19(20)22-16-12-14-21-15-13-17-29(23-26(3,4)5,24-27(6,7)8)25-28(9,10)11/h1,12-17H2,2-11H3. The van der Waals surface area contributed by atoms with Gasteiger partial charge in [-0.3, -0.25) is 0 Å². The maximum Gasteiger partial charge on any atom is 0.469 e. The Balaban J connectivity index is 4.75. The largest absolute Gasteiger partial charge is 0.469 e. The van der Waals surface area contributed by atoms with E-state index in [2.05, 4.69) is 65.5 Å². The molecule has 0 N–H and O–H groups in total. The van der Waals surface area contributed by atoms with Crippen LogP contribution in [-0.4, -0.2) is 59.5 Å². The molecule has 0 fully saturated rings. The van der Waals surface area contributed by atoms with Crippen molar-refractivity contribution in [1.82, 2.24) is 0 Å². The van der Waals surface area contributed by atoms with Crippen LogP contribution < -0.4 is 0 Å². The highest BCUT2D eigenvalue weighted by molar-refractivity contribution is 6.90. The Labute approximate surface area is 183 Å². The Morgan fingerprint density at radius 3 is 1.52 bits per heavy atom. The van der Waals surface area contributed by atoms with Crippen molar-refractivity contribution in [2.75, 3.05) is 19.8 Å². The van der Waals surface area contributed by atoms with E-state index in [-0.39, 0.29) is 5.97 Å². The zero-order valence-electron chi connectivity index (χ0n) is 20.4. The predicted octanol–water partition coefficient (Wildman–Crippen LogP) is 5.40. The van der Waals surface area contributed by atoms with E-state index in [4.69, 9.17) is 21.8 Å². The van der Waals surface area contributed by atoms with E-state index in [0.29, 0.717) is 31.8 Å². The van der Waals surface area contributed by atoms with Crippen LogP contribution >= 0.6 is 0 Å². The lowest BCUT2D eigenvalue weighted by Gasteiger charge is -2.42. The van der Waals surface area contributed by atoms with Crippen LogP contribution in [0.2, 0.25) is 65.0 Å². The highest BCUT2D eigenvalue weighted by atomic mass is 28.5. The van der Waals surface area contributed by atoms with Gasteiger partial charge in [0.15, 0.2) is 25.0 Å². The fourth-order valence-electron chi connectivity index (χ4n) is 2.56. The molecule has 0 bridgehead atoms. The summed E-state index contributed by atoms with van der Waals surface area (Å²) in [6.07, 6.45) is 1.50. The first kappa shape index (κ1) is 28.9. The molecule has 6 nitrogen and oxygen atoms in total. The Morgan fingerprint density at radius 1 is 0.724 bits per heavy atom. The Hall–Kier alpha value is -0.0825. The smallest absolute Gasteiger partial charge is 0.462 e. The molecule has 0 aliphatic carbocycles. The first-order valence-electron chi connectivity index (χ1n) is 10.5. The fourth-order valence-corrected chi connectivity index (χ4v) is 17.2. The van der Waals surface area contributed by atoms with Crippen molar-refractivity contribution in [2.24, 2.45) is 0 Å². The minimum Gasteiger partial charge on any atom is -0.462 e. The minimum absolute atomic E-state index is 0.348. The van der Waals surface area contributed by atoms with Crippen LogP contribution in [0.25, 0.3) is 0 Å². The zero-order chi connectivity index (χ0) is 22.9. The van der Waals surface area contributed by atoms with Crippen LogP contribution in [0.3, 0.4) is 0 Å². The number of rotatable bonds is 15. The zero-order valence-corrected chi connectivity index (χ0v) is 24.4. The van der Waals surface area contributed by atoms with E-state index in [9.17, 15) is 4.79 Å². The van der Waals surface area contributed by atoms with Crippen molar-refractivity contribution in [3.63, 3.8) is 0 Å². The highest BCUT2D eigenvalue weighted by Gasteiger charge is 2.49. The molecule has 0 saturated heterocycles. The number of carbonyl (C=O) groups excluding carboxylic acids is 1. The molecular formula is C19H44O6Si4. The van der Waals surface area contributed by atoms with Crippen LogP contribution in [0, 0.1) is 0 Å². The van der Waals surface area contributed by atoms with Gasteiger partial charge in [-0.1, -0.05) is 6.58 Å². The number of hydrogen-bond donors (Lipinski definition) is 0. The molecule has 0 radical (unpaired) electrons. The van der Waals surface area contributed by atoms with Crippen LogP contribution in [0.1, 0.15) is 19.8 Å². The van der Waals surface area contributed by atoms with Crippen molar-refractivity contribution in [3.05, 3.63) is 12.2 Å². The second-order valence-electron chi connectivity index (χ2n) is 10.3. The Bertz CT molecular complexity index is 479. The molecule has 0 rings (SSSR count). The van der Waals surface area contributed by atoms with Gasteiger partial charge in [-0.25, -0.2) is 4.79 Å². The third-order valence-electron chi connectivity index (χ3n) is 3.17. The molecule has 0 aromatic heterocycles. The van der Waals surface area contributed by atoms with E-state index >= 15 is 0 Å². The van der Waals surface area contributed by atoms with Gasteiger partial charge in [-0.2, -0.15) is 0 Å². The van der Waals surface area contributed by atoms with E-state index in [1.54, 1.807) is 6.92 Å². The van der Waals surface area contributed by atoms with E-state index in [0.717, 1.165) is 12.5 Å². The van der Waals surface area contributed by atoms with Gasteiger partial charge >= 0.3 is 14.8 Å². The molecule has 0 amide bonds. The van der Waals surface area contributed by atoms with Gasteiger partial charge in [0.1, 0.15) is 0 Å². The summed E-state index contributed by atoms with van der Waals surface area (Å²) in [5.74, 6) is -0.351. The van der Waals surface area contributed by atoms with Crippen molar-refractivity contribution in [2.45, 2.75) is 84.7 Å². The van der Waals surface area contributed by atoms with Crippen molar-refractivity contribution < 1.29 is 26.6 Å². The Kier molecular flexibility index (Phi) is 12.0. The minimum atomic E-state index is -2.78. The van der Waals surface area contributed by atoms with Crippen LogP contribution in [0.4, 0.5) is 0 Å². The second kappa shape index (κ2) is 12.1. The second-order valence-corrected chi connectivity index (χ2v) is 27.3. The summed E-state index contributed by atoms with van der Waals surface area (Å²) in [6, 6.07) is 0.774. The van der Waals surface area contributed by atoms with E-state index in [1.807, 2.05) is 0 Å². The first-order chi connectivity index (χ1) is 12.9. The molecule has 0 saturated carbocycles. The van der Waals surface area contributed by atoms with Crippen molar-refractivity contribution in [3.8, 4) is 0 Å². The van der Waals surface area contributed by atoms with Crippen LogP contribution in [0.5, 0.6) is 0 Å². The average Bonchev–Trinajstić information content (AvgIpc) is 2.43. The summed E-state index contributed by atoms with van der Waals surface area (Å²) in [4.78, 5) is 11.3. The van der Waals surface area contributed by atoms with Crippen molar-refractivity contribution >= 4 is 39.7 Å². The predicted molar refractivity (Wildman–Crippen MR) is 130 cm³/mol. The molecule has 0 aliphatic rings. The lowest BCUT2D eigenvalue weighted by atomic mass is 10.4. The Morgan fingerprint density at radius 2 is 1.14 bits per heavy atom. The molecule has 172 valence electrons. The summed E-state index contributed by atoms with van der Waals surface area (Å²) in [7, 11) is -8.29. The molecule has 0 aromatic carbocycles. The molecule has 0 heterocycles. The monoisotopic (exact) mass is 480 g/mol. The van der Waals surface area contributed by atoms with Gasteiger partial charge in [0.25, 0.3) is 0 Å². The van der Waals surface area contributed by atoms with Crippen LogP contribution in [-0.2, 0) is 26.6 Å². The van der Waals surface area contributed by atoms with Crippen molar-refractivity contribution in [1.29, 1.82) is 0 Å². The third-order valence-corrected chi connectivity index (χ3v) is 15.2. The number of hydrogen-bond acceptors (Lipinski definition) is 6. The van der Waals surface area contributed by atoms with Gasteiger partial charge in [-0.05, 0) is 72.3 Å². The lowest BCUT2D eigenvalue weighted by molar-refractivity contribution is -0.139. The van der Waals surface area contributed by atoms with Crippen LogP contribution in [0.15, 0.2) is 12.2 Å². The number of esters is 1. The molecule has 29 heavy (non-hydrogen) atoms. The van der Waals surface area contributed by atoms with Gasteiger partial charge in [0.2, 0.25) is 0 Å². The summed E-state index contributed by atoms with van der Waals surface area (Å²) >= 11 is 0.